The lowest BCUT2D eigenvalue weighted by molar-refractivity contribution is -0.132. The zero-order valence-corrected chi connectivity index (χ0v) is 17.0. The number of rotatable bonds is 5. The molecule has 2 aliphatic heterocycles. The van der Waals surface area contributed by atoms with Crippen molar-refractivity contribution in [2.24, 2.45) is 0 Å². The minimum absolute atomic E-state index is 0.183. The molecule has 3 heterocycles. The highest BCUT2D eigenvalue weighted by Crippen LogP contribution is 2.33. The van der Waals surface area contributed by atoms with Crippen molar-refractivity contribution < 1.29 is 14.3 Å². The van der Waals surface area contributed by atoms with E-state index >= 15 is 0 Å². The number of nitrogens with zero attached hydrogens (tertiary/aromatic N) is 5. The fraction of sp³-hybridized carbons (Fsp3) is 0.476. The van der Waals surface area contributed by atoms with Crippen molar-refractivity contribution in [3.63, 3.8) is 0 Å². The Labute approximate surface area is 171 Å². The molecule has 0 aliphatic carbocycles. The number of carbonyl (C=O) groups excluding carboxylic acids is 1. The largest absolute Gasteiger partial charge is 0.493 e. The highest BCUT2D eigenvalue weighted by Gasteiger charge is 2.26. The van der Waals surface area contributed by atoms with Gasteiger partial charge in [-0.15, -0.1) is 0 Å². The molecule has 0 atom stereocenters. The number of methoxy groups -OCH3 is 2. The Morgan fingerprint density at radius 1 is 0.966 bits per heavy atom. The van der Waals surface area contributed by atoms with Crippen molar-refractivity contribution in [2.75, 3.05) is 58.4 Å². The van der Waals surface area contributed by atoms with Gasteiger partial charge in [-0.2, -0.15) is 0 Å². The van der Waals surface area contributed by atoms with E-state index < -0.39 is 0 Å². The Kier molecular flexibility index (Phi) is 5.80. The number of anilines is 1. The van der Waals surface area contributed by atoms with Crippen molar-refractivity contribution in [1.29, 1.82) is 0 Å². The quantitative estimate of drug-likeness (QED) is 0.751. The van der Waals surface area contributed by atoms with Crippen molar-refractivity contribution in [2.45, 2.75) is 13.0 Å². The van der Waals surface area contributed by atoms with Crippen LogP contribution in [-0.4, -0.2) is 79.2 Å². The van der Waals surface area contributed by atoms with Crippen LogP contribution in [0.5, 0.6) is 11.5 Å². The van der Waals surface area contributed by atoms with Crippen LogP contribution in [0.3, 0.4) is 0 Å². The number of piperazine rings is 1. The molecule has 1 aromatic heterocycles. The monoisotopic (exact) mass is 397 g/mol. The van der Waals surface area contributed by atoms with Crippen LogP contribution in [-0.2, 0) is 17.8 Å². The molecule has 154 valence electrons. The van der Waals surface area contributed by atoms with E-state index in [1.165, 1.54) is 11.1 Å². The molecule has 2 aromatic rings. The number of amides is 1. The SMILES string of the molecule is COc1cc2c(cc1OC)CN(CC(=O)N1CCN(c3ncccn3)CC1)CC2. The molecule has 0 N–H and O–H groups in total. The number of hydrogen-bond acceptors (Lipinski definition) is 7. The predicted octanol–water partition coefficient (Wildman–Crippen LogP) is 1.20. The number of hydrogen-bond donors (Lipinski definition) is 0. The molecule has 0 unspecified atom stereocenters. The lowest BCUT2D eigenvalue weighted by Gasteiger charge is -2.36. The van der Waals surface area contributed by atoms with E-state index in [4.69, 9.17) is 9.47 Å². The van der Waals surface area contributed by atoms with Crippen molar-refractivity contribution in [3.05, 3.63) is 41.7 Å². The van der Waals surface area contributed by atoms with Gasteiger partial charge in [-0.1, -0.05) is 0 Å². The van der Waals surface area contributed by atoms with Crippen LogP contribution in [0.1, 0.15) is 11.1 Å². The van der Waals surface area contributed by atoms with E-state index in [1.807, 2.05) is 17.0 Å². The summed E-state index contributed by atoms with van der Waals surface area (Å²) in [4.78, 5) is 27.7. The molecule has 8 nitrogen and oxygen atoms in total. The first-order valence-corrected chi connectivity index (χ1v) is 9.94. The third kappa shape index (κ3) is 4.27. The fourth-order valence-corrected chi connectivity index (χ4v) is 3.98. The van der Waals surface area contributed by atoms with Gasteiger partial charge in [0.15, 0.2) is 11.5 Å². The average molecular weight is 397 g/mol. The molecule has 29 heavy (non-hydrogen) atoms. The van der Waals surface area contributed by atoms with Gasteiger partial charge in [0.25, 0.3) is 0 Å². The van der Waals surface area contributed by atoms with Gasteiger partial charge in [0, 0.05) is 51.7 Å². The van der Waals surface area contributed by atoms with Crippen molar-refractivity contribution >= 4 is 11.9 Å². The van der Waals surface area contributed by atoms with Gasteiger partial charge in [0.1, 0.15) is 0 Å². The maximum absolute atomic E-state index is 12.8. The van der Waals surface area contributed by atoms with Gasteiger partial charge in [0.2, 0.25) is 11.9 Å². The van der Waals surface area contributed by atoms with E-state index in [0.717, 1.165) is 50.0 Å². The molecular formula is C21H27N5O3. The van der Waals surface area contributed by atoms with E-state index in [2.05, 4.69) is 25.8 Å². The lowest BCUT2D eigenvalue weighted by Crippen LogP contribution is -2.52. The van der Waals surface area contributed by atoms with Crippen LogP contribution < -0.4 is 14.4 Å². The molecule has 1 amide bonds. The number of aromatic nitrogens is 2. The summed E-state index contributed by atoms with van der Waals surface area (Å²) < 4.78 is 10.8. The molecule has 1 fully saturated rings. The molecular weight excluding hydrogens is 370 g/mol. The number of carbonyl (C=O) groups is 1. The Morgan fingerprint density at radius 2 is 1.62 bits per heavy atom. The second kappa shape index (κ2) is 8.65. The van der Waals surface area contributed by atoms with E-state index in [0.29, 0.717) is 19.6 Å². The molecule has 0 saturated carbocycles. The first kappa shape index (κ1) is 19.4. The van der Waals surface area contributed by atoms with Crippen LogP contribution in [0.2, 0.25) is 0 Å². The van der Waals surface area contributed by atoms with Crippen molar-refractivity contribution in [3.8, 4) is 11.5 Å². The summed E-state index contributed by atoms with van der Waals surface area (Å²) in [6.45, 7) is 4.98. The fourth-order valence-electron chi connectivity index (χ4n) is 3.98. The number of ether oxygens (including phenoxy) is 2. The first-order valence-electron chi connectivity index (χ1n) is 9.94. The smallest absolute Gasteiger partial charge is 0.236 e. The molecule has 0 bridgehead atoms. The molecule has 1 aromatic carbocycles. The third-order valence-corrected chi connectivity index (χ3v) is 5.62. The standard InChI is InChI=1S/C21H27N5O3/c1-28-18-12-16-4-7-24(14-17(16)13-19(18)29-2)15-20(27)25-8-10-26(11-9-25)21-22-5-3-6-23-21/h3,5-6,12-13H,4,7-11,14-15H2,1-2H3. The van der Waals surface area contributed by atoms with Crippen LogP contribution in [0.15, 0.2) is 30.6 Å². The van der Waals surface area contributed by atoms with Gasteiger partial charge in [-0.05, 0) is 35.7 Å². The minimum atomic E-state index is 0.183. The number of fused-ring (bicyclic) bond motifs is 1. The summed E-state index contributed by atoms with van der Waals surface area (Å²) in [6.07, 6.45) is 4.40. The summed E-state index contributed by atoms with van der Waals surface area (Å²) >= 11 is 0. The van der Waals surface area contributed by atoms with Crippen LogP contribution in [0.4, 0.5) is 5.95 Å². The van der Waals surface area contributed by atoms with E-state index in [9.17, 15) is 4.79 Å². The van der Waals surface area contributed by atoms with Gasteiger partial charge >= 0.3 is 0 Å². The molecule has 2 aliphatic rings. The predicted molar refractivity (Wildman–Crippen MR) is 109 cm³/mol. The number of benzene rings is 1. The summed E-state index contributed by atoms with van der Waals surface area (Å²) in [6, 6.07) is 5.90. The second-order valence-corrected chi connectivity index (χ2v) is 7.35. The highest BCUT2D eigenvalue weighted by atomic mass is 16.5. The molecule has 0 spiro atoms. The Bertz CT molecular complexity index is 853. The van der Waals surface area contributed by atoms with E-state index in [-0.39, 0.29) is 5.91 Å². The summed E-state index contributed by atoms with van der Waals surface area (Å²) in [5, 5.41) is 0. The first-order chi connectivity index (χ1) is 14.2. The van der Waals surface area contributed by atoms with Gasteiger partial charge in [0.05, 0.1) is 20.8 Å². The average Bonchev–Trinajstić information content (AvgIpc) is 2.78. The molecule has 0 radical (unpaired) electrons. The van der Waals surface area contributed by atoms with Gasteiger partial charge in [-0.3, -0.25) is 9.69 Å². The summed E-state index contributed by atoms with van der Waals surface area (Å²) in [5.41, 5.74) is 2.47. The molecule has 1 saturated heterocycles. The van der Waals surface area contributed by atoms with Crippen LogP contribution in [0.25, 0.3) is 0 Å². The van der Waals surface area contributed by atoms with E-state index in [1.54, 1.807) is 26.6 Å². The maximum Gasteiger partial charge on any atom is 0.236 e. The zero-order chi connectivity index (χ0) is 20.2. The van der Waals surface area contributed by atoms with Gasteiger partial charge < -0.3 is 19.3 Å². The minimum Gasteiger partial charge on any atom is -0.493 e. The normalized spacial score (nSPS) is 17.0. The van der Waals surface area contributed by atoms with Crippen molar-refractivity contribution in [1.82, 2.24) is 19.8 Å². The Balaban J connectivity index is 1.33. The maximum atomic E-state index is 12.8. The highest BCUT2D eigenvalue weighted by molar-refractivity contribution is 5.78. The summed E-state index contributed by atoms with van der Waals surface area (Å²) in [5.74, 6) is 2.41. The summed E-state index contributed by atoms with van der Waals surface area (Å²) in [7, 11) is 3.30. The van der Waals surface area contributed by atoms with Crippen LogP contribution >= 0.6 is 0 Å². The lowest BCUT2D eigenvalue weighted by atomic mass is 9.98. The topological polar surface area (TPSA) is 71.0 Å². The third-order valence-electron chi connectivity index (χ3n) is 5.62. The Morgan fingerprint density at radius 3 is 2.28 bits per heavy atom. The van der Waals surface area contributed by atoms with Gasteiger partial charge in [-0.25, -0.2) is 9.97 Å². The molecule has 4 rings (SSSR count). The van der Waals surface area contributed by atoms with Crippen LogP contribution in [0, 0.1) is 0 Å². The zero-order valence-electron chi connectivity index (χ0n) is 17.0. The molecule has 8 heteroatoms. The Hall–Kier alpha value is -2.87. The second-order valence-electron chi connectivity index (χ2n) is 7.35.